The molecule has 8 heteroatoms. The third-order valence-electron chi connectivity index (χ3n) is 6.30. The molecule has 0 aromatic heterocycles. The molecule has 5 N–H and O–H groups in total. The number of aromatic hydroxyl groups is 1. The van der Waals surface area contributed by atoms with Crippen LogP contribution in [0.4, 0.5) is 0 Å². The molecular weight excluding hydrogens is 376 g/mol. The predicted octanol–water partition coefficient (Wildman–Crippen LogP) is 0.849. The van der Waals surface area contributed by atoms with Crippen LogP contribution in [0.15, 0.2) is 35.1 Å². The smallest absolute Gasteiger partial charge is 0.255 e. The average Bonchev–Trinajstić information content (AvgIpc) is 2.60. The number of hydrogen-bond acceptors (Lipinski definition) is 7. The molecule has 1 aromatic carbocycles. The highest BCUT2D eigenvalue weighted by Crippen LogP contribution is 2.50. The number of phenols is 1. The Balaban J connectivity index is 1.89. The van der Waals surface area contributed by atoms with Gasteiger partial charge in [-0.2, -0.15) is 0 Å². The summed E-state index contributed by atoms with van der Waals surface area (Å²) in [7, 11) is 3.38. The topological polar surface area (TPSA) is 141 Å². The van der Waals surface area contributed by atoms with E-state index in [0.29, 0.717) is 18.4 Å². The lowest BCUT2D eigenvalue weighted by Crippen LogP contribution is -2.55. The molecule has 1 fully saturated rings. The first-order valence-corrected chi connectivity index (χ1v) is 9.37. The molecule has 3 aliphatic rings. The van der Waals surface area contributed by atoms with Gasteiger partial charge in [-0.25, -0.2) is 0 Å². The van der Waals surface area contributed by atoms with Crippen molar-refractivity contribution in [1.29, 1.82) is 0 Å². The number of carbonyl (C=O) groups is 3. The standard InChI is InChI=1S/C21H22N2O6/c1-23(2)16-10-7-9-6-8-4-3-5-11(24)12(8)17(25)13(9)18(26)14(10)19(27)15(20(16)28)21(22)29/h3-5,9-10,14,16,24-25,28H,6-7H2,1-2H3,(H2,22,29). The van der Waals surface area contributed by atoms with Gasteiger partial charge in [0.1, 0.15) is 22.8 Å². The second kappa shape index (κ2) is 6.45. The number of nitrogens with zero attached hydrogens (tertiary/aromatic N) is 1. The Hall–Kier alpha value is -3.13. The van der Waals surface area contributed by atoms with Crippen LogP contribution in [-0.2, 0) is 20.8 Å². The van der Waals surface area contributed by atoms with E-state index in [1.54, 1.807) is 31.1 Å². The fourth-order valence-corrected chi connectivity index (χ4v) is 5.20. The van der Waals surface area contributed by atoms with Crippen LogP contribution >= 0.6 is 0 Å². The van der Waals surface area contributed by atoms with Crippen molar-refractivity contribution in [3.63, 3.8) is 0 Å². The van der Waals surface area contributed by atoms with Crippen LogP contribution in [0.25, 0.3) is 5.76 Å². The van der Waals surface area contributed by atoms with Gasteiger partial charge in [0.25, 0.3) is 5.91 Å². The maximum Gasteiger partial charge on any atom is 0.255 e. The summed E-state index contributed by atoms with van der Waals surface area (Å²) in [4.78, 5) is 39.9. The number of benzene rings is 1. The third kappa shape index (κ3) is 2.59. The lowest BCUT2D eigenvalue weighted by atomic mass is 9.59. The number of primary amides is 1. The Bertz CT molecular complexity index is 1020. The summed E-state index contributed by atoms with van der Waals surface area (Å²) in [5.74, 6) is -5.51. The van der Waals surface area contributed by atoms with Gasteiger partial charge in [-0.1, -0.05) is 12.1 Å². The van der Waals surface area contributed by atoms with Crippen LogP contribution in [0.1, 0.15) is 17.5 Å². The quantitative estimate of drug-likeness (QED) is 0.427. The largest absolute Gasteiger partial charge is 0.510 e. The molecule has 152 valence electrons. The van der Waals surface area contributed by atoms with Gasteiger partial charge in [0.2, 0.25) is 0 Å². The zero-order valence-corrected chi connectivity index (χ0v) is 16.0. The maximum atomic E-state index is 13.4. The van der Waals surface area contributed by atoms with E-state index >= 15 is 0 Å². The second-order valence-corrected chi connectivity index (χ2v) is 8.11. The third-order valence-corrected chi connectivity index (χ3v) is 6.30. The Kier molecular flexibility index (Phi) is 4.27. The van der Waals surface area contributed by atoms with Crippen molar-refractivity contribution in [3.05, 3.63) is 46.2 Å². The van der Waals surface area contributed by atoms with Gasteiger partial charge in [0.15, 0.2) is 11.6 Å². The molecule has 4 rings (SSSR count). The SMILES string of the molecule is CN(C)C1C(O)=C(C(N)=O)C(=O)C2C(=O)C3=C(O)c4c(O)cccc4CC3CC21. The minimum Gasteiger partial charge on any atom is -0.510 e. The van der Waals surface area contributed by atoms with Crippen molar-refractivity contribution in [2.75, 3.05) is 14.1 Å². The molecule has 8 nitrogen and oxygen atoms in total. The molecule has 1 saturated carbocycles. The number of aliphatic hydroxyl groups is 2. The highest BCUT2D eigenvalue weighted by molar-refractivity contribution is 6.28. The fraction of sp³-hybridized carbons (Fsp3) is 0.381. The van der Waals surface area contributed by atoms with E-state index in [-0.39, 0.29) is 28.6 Å². The number of hydrogen-bond donors (Lipinski definition) is 4. The molecule has 1 amide bonds. The Labute approximate surface area is 166 Å². The van der Waals surface area contributed by atoms with Crippen LogP contribution in [0.2, 0.25) is 0 Å². The minimum atomic E-state index is -1.22. The molecule has 4 atom stereocenters. The van der Waals surface area contributed by atoms with Crippen molar-refractivity contribution < 1.29 is 29.7 Å². The van der Waals surface area contributed by atoms with E-state index in [4.69, 9.17) is 5.73 Å². The van der Waals surface area contributed by atoms with Gasteiger partial charge in [0.05, 0.1) is 17.5 Å². The number of fused-ring (bicyclic) bond motifs is 3. The van der Waals surface area contributed by atoms with E-state index < -0.39 is 46.7 Å². The average molecular weight is 398 g/mol. The van der Waals surface area contributed by atoms with Gasteiger partial charge >= 0.3 is 0 Å². The number of allylic oxidation sites excluding steroid dienone is 1. The molecule has 0 bridgehead atoms. The first-order valence-electron chi connectivity index (χ1n) is 9.37. The molecule has 0 heterocycles. The molecule has 1 aromatic rings. The van der Waals surface area contributed by atoms with E-state index in [9.17, 15) is 29.7 Å². The van der Waals surface area contributed by atoms with Gasteiger partial charge in [-0.3, -0.25) is 19.3 Å². The molecule has 0 aliphatic heterocycles. The lowest BCUT2D eigenvalue weighted by molar-refractivity contribution is -0.136. The summed E-state index contributed by atoms with van der Waals surface area (Å²) >= 11 is 0. The van der Waals surface area contributed by atoms with Crippen molar-refractivity contribution >= 4 is 23.2 Å². The zero-order chi connectivity index (χ0) is 21.2. The van der Waals surface area contributed by atoms with Crippen molar-refractivity contribution in [3.8, 4) is 5.75 Å². The summed E-state index contributed by atoms with van der Waals surface area (Å²) in [5, 5.41) is 31.6. The van der Waals surface area contributed by atoms with Crippen LogP contribution in [-0.4, -0.2) is 57.8 Å². The van der Waals surface area contributed by atoms with E-state index in [0.717, 1.165) is 0 Å². The first-order chi connectivity index (χ1) is 13.6. The number of amides is 1. The van der Waals surface area contributed by atoms with E-state index in [1.165, 1.54) is 6.07 Å². The summed E-state index contributed by atoms with van der Waals surface area (Å²) in [6.07, 6.45) is 0.773. The molecule has 3 aliphatic carbocycles. The summed E-state index contributed by atoms with van der Waals surface area (Å²) in [6, 6.07) is 4.14. The van der Waals surface area contributed by atoms with Crippen molar-refractivity contribution in [2.24, 2.45) is 23.5 Å². The number of Topliss-reactive ketones (excluding diaryl/α,β-unsaturated/α-hetero) is 2. The lowest BCUT2D eigenvalue weighted by Gasteiger charge is -2.46. The van der Waals surface area contributed by atoms with Gasteiger partial charge < -0.3 is 21.1 Å². The summed E-state index contributed by atoms with van der Waals surface area (Å²) < 4.78 is 0. The van der Waals surface area contributed by atoms with Crippen LogP contribution in [0.5, 0.6) is 5.75 Å². The molecule has 0 radical (unpaired) electrons. The number of ketones is 2. The van der Waals surface area contributed by atoms with Gasteiger partial charge in [0, 0.05) is 5.57 Å². The Morgan fingerprint density at radius 1 is 1.14 bits per heavy atom. The molecule has 4 unspecified atom stereocenters. The van der Waals surface area contributed by atoms with Crippen LogP contribution in [0, 0.1) is 17.8 Å². The number of rotatable bonds is 2. The monoisotopic (exact) mass is 398 g/mol. The number of nitrogens with two attached hydrogens (primary N) is 1. The molecule has 0 saturated heterocycles. The predicted molar refractivity (Wildman–Crippen MR) is 103 cm³/mol. The number of likely N-dealkylation sites (N-methyl/N-ethyl adjacent to an activating group) is 1. The minimum absolute atomic E-state index is 0.0938. The van der Waals surface area contributed by atoms with Crippen molar-refractivity contribution in [2.45, 2.75) is 18.9 Å². The van der Waals surface area contributed by atoms with E-state index in [2.05, 4.69) is 0 Å². The van der Waals surface area contributed by atoms with Gasteiger partial charge in [-0.05, 0) is 50.4 Å². The maximum absolute atomic E-state index is 13.4. The molecule has 0 spiro atoms. The van der Waals surface area contributed by atoms with Crippen LogP contribution in [0.3, 0.4) is 0 Å². The van der Waals surface area contributed by atoms with Crippen LogP contribution < -0.4 is 5.73 Å². The Morgan fingerprint density at radius 3 is 2.45 bits per heavy atom. The fourth-order valence-electron chi connectivity index (χ4n) is 5.20. The Morgan fingerprint density at radius 2 is 1.83 bits per heavy atom. The second-order valence-electron chi connectivity index (χ2n) is 8.11. The summed E-state index contributed by atoms with van der Waals surface area (Å²) in [6.45, 7) is 0. The zero-order valence-electron chi connectivity index (χ0n) is 16.0. The highest BCUT2D eigenvalue weighted by Gasteiger charge is 2.55. The molecular formula is C21H22N2O6. The number of carbonyl (C=O) groups excluding carboxylic acids is 3. The van der Waals surface area contributed by atoms with Crippen molar-refractivity contribution in [1.82, 2.24) is 4.90 Å². The first kappa shape index (κ1) is 19.2. The van der Waals surface area contributed by atoms with E-state index in [1.807, 2.05) is 0 Å². The normalized spacial score (nSPS) is 28.9. The molecule has 29 heavy (non-hydrogen) atoms. The summed E-state index contributed by atoms with van der Waals surface area (Å²) in [5.41, 5.74) is 5.76. The number of phenolic OH excluding ortho intramolecular Hbond substituents is 1. The van der Waals surface area contributed by atoms with Gasteiger partial charge in [-0.15, -0.1) is 0 Å². The number of aliphatic hydroxyl groups excluding tert-OH is 2. The highest BCUT2D eigenvalue weighted by atomic mass is 16.3.